The van der Waals surface area contributed by atoms with E-state index >= 15 is 0 Å². The first kappa shape index (κ1) is 32.0. The zero-order valence-electron chi connectivity index (χ0n) is 30.5. The van der Waals surface area contributed by atoms with Crippen molar-refractivity contribution < 1.29 is 0 Å². The van der Waals surface area contributed by atoms with Gasteiger partial charge in [0, 0.05) is 44.0 Å². The summed E-state index contributed by atoms with van der Waals surface area (Å²) in [6.45, 7) is 0. The molecule has 0 bridgehead atoms. The Morgan fingerprint density at radius 1 is 0.250 bits per heavy atom. The predicted octanol–water partition coefficient (Wildman–Crippen LogP) is 13.9. The summed E-state index contributed by atoms with van der Waals surface area (Å²) in [4.78, 5) is 5.21. The van der Waals surface area contributed by atoms with Gasteiger partial charge >= 0.3 is 0 Å². The molecule has 0 aliphatic carbocycles. The van der Waals surface area contributed by atoms with Gasteiger partial charge in [0.25, 0.3) is 0 Å². The molecule has 0 atom stereocenters. The average Bonchev–Trinajstić information content (AvgIpc) is 3.80. The lowest BCUT2D eigenvalue weighted by molar-refractivity contribution is 1.14. The fourth-order valence-electron chi connectivity index (χ4n) is 8.47. The maximum Gasteiger partial charge on any atom is 0.0715 e. The van der Waals surface area contributed by atoms with Crippen molar-refractivity contribution in [1.29, 1.82) is 0 Å². The van der Waals surface area contributed by atoms with Gasteiger partial charge in [0.15, 0.2) is 0 Å². The second-order valence-electron chi connectivity index (χ2n) is 14.4. The van der Waals surface area contributed by atoms with E-state index in [1.54, 1.807) is 0 Å². The van der Waals surface area contributed by atoms with Gasteiger partial charge in [-0.05, 0) is 95.1 Å². The highest BCUT2D eigenvalue weighted by Gasteiger charge is 2.16. The summed E-state index contributed by atoms with van der Waals surface area (Å²) in [6.07, 6.45) is 0. The maximum absolute atomic E-state index is 5.21. The molecule has 3 nitrogen and oxygen atoms in total. The lowest BCUT2D eigenvalue weighted by atomic mass is 9.97. The van der Waals surface area contributed by atoms with Crippen LogP contribution >= 0.6 is 0 Å². The molecule has 262 valence electrons. The van der Waals surface area contributed by atoms with Crippen LogP contribution in [0.2, 0.25) is 0 Å². The smallest absolute Gasteiger partial charge is 0.0715 e. The van der Waals surface area contributed by atoms with E-state index in [9.17, 15) is 0 Å². The zero-order chi connectivity index (χ0) is 37.0. The summed E-state index contributed by atoms with van der Waals surface area (Å²) in [7, 11) is 0. The Balaban J connectivity index is 1.00. The van der Waals surface area contributed by atoms with Crippen LogP contribution in [0.4, 0.5) is 0 Å². The minimum Gasteiger partial charge on any atom is -0.309 e. The van der Waals surface area contributed by atoms with Crippen LogP contribution in [-0.4, -0.2) is 14.1 Å². The van der Waals surface area contributed by atoms with E-state index in [0.717, 1.165) is 45.0 Å². The van der Waals surface area contributed by atoms with Crippen molar-refractivity contribution in [2.24, 2.45) is 0 Å². The molecule has 56 heavy (non-hydrogen) atoms. The maximum atomic E-state index is 5.21. The first-order valence-corrected chi connectivity index (χ1v) is 19.1. The second-order valence-corrected chi connectivity index (χ2v) is 14.4. The largest absolute Gasteiger partial charge is 0.309 e. The molecule has 0 aliphatic rings. The molecule has 0 N–H and O–H groups in total. The molecule has 3 aromatic heterocycles. The van der Waals surface area contributed by atoms with Gasteiger partial charge in [0.2, 0.25) is 0 Å². The summed E-state index contributed by atoms with van der Waals surface area (Å²) >= 11 is 0. The topological polar surface area (TPSA) is 22.8 Å². The first-order valence-electron chi connectivity index (χ1n) is 19.1. The zero-order valence-corrected chi connectivity index (χ0v) is 30.5. The van der Waals surface area contributed by atoms with Gasteiger partial charge in [-0.15, -0.1) is 0 Å². The number of para-hydroxylation sites is 3. The summed E-state index contributed by atoms with van der Waals surface area (Å²) < 4.78 is 4.77. The Morgan fingerprint density at radius 2 is 0.679 bits per heavy atom. The molecule has 0 radical (unpaired) electrons. The van der Waals surface area contributed by atoms with Gasteiger partial charge in [-0.1, -0.05) is 140 Å². The highest BCUT2D eigenvalue weighted by atomic mass is 15.0. The Hall–Kier alpha value is -7.49. The van der Waals surface area contributed by atoms with Gasteiger partial charge < -0.3 is 9.13 Å². The van der Waals surface area contributed by atoms with Gasteiger partial charge in [0.1, 0.15) is 0 Å². The number of nitrogens with zero attached hydrogens (tertiary/aromatic N) is 3. The molecule has 0 amide bonds. The van der Waals surface area contributed by atoms with E-state index in [2.05, 4.69) is 215 Å². The molecule has 0 fully saturated rings. The Bertz CT molecular complexity index is 3110. The van der Waals surface area contributed by atoms with Crippen LogP contribution in [0, 0.1) is 0 Å². The van der Waals surface area contributed by atoms with Crippen molar-refractivity contribution in [2.75, 3.05) is 0 Å². The number of aromatic nitrogens is 3. The molecule has 0 saturated heterocycles. The monoisotopic (exact) mass is 713 g/mol. The van der Waals surface area contributed by atoms with E-state index < -0.39 is 0 Å². The van der Waals surface area contributed by atoms with Crippen LogP contribution in [0.25, 0.3) is 99.8 Å². The molecular weight excluding hydrogens is 679 g/mol. The van der Waals surface area contributed by atoms with Crippen LogP contribution in [0.1, 0.15) is 0 Å². The SMILES string of the molecule is c1ccc(-c2cc(-c3ccccc3)nc(-c3cccc(-c4ccc5c(c4)c4ccccc4n5-c4ccc(-n5c6ccccc6c6ccccc65)cc4)c3)c2)cc1. The quantitative estimate of drug-likeness (QED) is 0.168. The predicted molar refractivity (Wildman–Crippen MR) is 235 cm³/mol. The molecule has 8 aromatic carbocycles. The fourth-order valence-corrected chi connectivity index (χ4v) is 8.47. The molecule has 0 aliphatic heterocycles. The Morgan fingerprint density at radius 3 is 1.27 bits per heavy atom. The Kier molecular flexibility index (Phi) is 7.49. The van der Waals surface area contributed by atoms with Crippen molar-refractivity contribution in [2.45, 2.75) is 0 Å². The number of benzene rings is 8. The average molecular weight is 714 g/mol. The minimum absolute atomic E-state index is 0.953. The van der Waals surface area contributed by atoms with E-state index in [1.807, 2.05) is 6.07 Å². The van der Waals surface area contributed by atoms with Crippen molar-refractivity contribution in [1.82, 2.24) is 14.1 Å². The van der Waals surface area contributed by atoms with Crippen LogP contribution in [0.15, 0.2) is 212 Å². The molecule has 0 unspecified atom stereocenters. The normalized spacial score (nSPS) is 11.6. The molecule has 3 heteroatoms. The molecule has 0 spiro atoms. The minimum atomic E-state index is 0.953. The van der Waals surface area contributed by atoms with E-state index in [1.165, 1.54) is 54.7 Å². The van der Waals surface area contributed by atoms with Crippen LogP contribution in [0.5, 0.6) is 0 Å². The number of hydrogen-bond donors (Lipinski definition) is 0. The highest BCUT2D eigenvalue weighted by molar-refractivity contribution is 6.11. The van der Waals surface area contributed by atoms with Crippen molar-refractivity contribution in [3.8, 4) is 56.1 Å². The highest BCUT2D eigenvalue weighted by Crippen LogP contribution is 2.38. The third kappa shape index (κ3) is 5.32. The first-order chi connectivity index (χ1) is 27.8. The van der Waals surface area contributed by atoms with Gasteiger partial charge in [-0.25, -0.2) is 4.98 Å². The molecule has 0 saturated carbocycles. The van der Waals surface area contributed by atoms with Crippen molar-refractivity contribution >= 4 is 43.6 Å². The third-order valence-electron chi connectivity index (χ3n) is 11.1. The summed E-state index contributed by atoms with van der Waals surface area (Å²) in [5.41, 5.74) is 15.8. The van der Waals surface area contributed by atoms with Crippen molar-refractivity contribution in [3.05, 3.63) is 212 Å². The van der Waals surface area contributed by atoms with E-state index in [-0.39, 0.29) is 0 Å². The standard InChI is InChI=1S/C53H35N3/c1-3-14-36(15-4-1)41-34-48(37-16-5-2-6-17-37)54-49(35-41)40-19-13-18-38(32-40)39-26-31-53-47(33-39)46-22-9-12-25-52(46)56(53)43-29-27-42(28-30-43)55-50-23-10-7-20-44(50)45-21-8-11-24-51(45)55/h1-35H. The molecule has 3 heterocycles. The van der Waals surface area contributed by atoms with Crippen LogP contribution in [-0.2, 0) is 0 Å². The van der Waals surface area contributed by atoms with Crippen molar-refractivity contribution in [3.63, 3.8) is 0 Å². The number of pyridine rings is 1. The van der Waals surface area contributed by atoms with Gasteiger partial charge in [-0.3, -0.25) is 0 Å². The van der Waals surface area contributed by atoms with E-state index in [4.69, 9.17) is 4.98 Å². The lowest BCUT2D eigenvalue weighted by Gasteiger charge is -2.12. The van der Waals surface area contributed by atoms with Gasteiger partial charge in [0.05, 0.1) is 33.5 Å². The number of rotatable bonds is 6. The lowest BCUT2D eigenvalue weighted by Crippen LogP contribution is -1.97. The molecule has 11 aromatic rings. The summed E-state index contributed by atoms with van der Waals surface area (Å²) in [5, 5.41) is 5.00. The van der Waals surface area contributed by atoms with Gasteiger partial charge in [-0.2, -0.15) is 0 Å². The molecular formula is C53H35N3. The second kappa shape index (κ2) is 13.1. The number of fused-ring (bicyclic) bond motifs is 6. The van der Waals surface area contributed by atoms with Crippen LogP contribution < -0.4 is 0 Å². The van der Waals surface area contributed by atoms with Crippen LogP contribution in [0.3, 0.4) is 0 Å². The summed E-state index contributed by atoms with van der Waals surface area (Å²) in [5.74, 6) is 0. The third-order valence-corrected chi connectivity index (χ3v) is 11.1. The Labute approximate surface area is 325 Å². The number of hydrogen-bond acceptors (Lipinski definition) is 1. The molecule has 11 rings (SSSR count). The van der Waals surface area contributed by atoms with E-state index in [0.29, 0.717) is 0 Å². The summed E-state index contributed by atoms with van der Waals surface area (Å²) in [6, 6.07) is 76.2. The fraction of sp³-hybridized carbons (Fsp3) is 0.